The summed E-state index contributed by atoms with van der Waals surface area (Å²) in [7, 11) is 0.974. The molecule has 0 saturated carbocycles. The van der Waals surface area contributed by atoms with Crippen LogP contribution in [0.1, 0.15) is 24.0 Å². The minimum absolute atomic E-state index is 0. The first kappa shape index (κ1) is 23.9. The van der Waals surface area contributed by atoms with Crippen LogP contribution in [0.2, 0.25) is 0 Å². The quantitative estimate of drug-likeness (QED) is 0.337. The zero-order valence-corrected chi connectivity index (χ0v) is 20.3. The molecule has 0 aliphatic carbocycles. The third-order valence-corrected chi connectivity index (χ3v) is 6.59. The van der Waals surface area contributed by atoms with E-state index in [1.165, 1.54) is 24.8 Å². The molecule has 0 bridgehead atoms. The fourth-order valence-electron chi connectivity index (χ4n) is 3.74. The van der Waals surface area contributed by atoms with Gasteiger partial charge in [-0.3, -0.25) is 9.20 Å². The number of hydrogen-bond acceptors (Lipinski definition) is 2. The van der Waals surface area contributed by atoms with E-state index in [4.69, 9.17) is 0 Å². The molecule has 2 aromatic rings. The van der Waals surface area contributed by atoms with Crippen LogP contribution in [-0.4, -0.2) is 47.5 Å². The standard InChI is InChI=1S/C23H31N3OS.HI/c1-24-23(25-14-17-28(27)19-22-10-6-3-7-11-22)26-15-12-21(13-16-26)18-20-8-4-2-5-9-20;/h2-11,21H,12-19H2,1H3,(H,24,25);1H. The van der Waals surface area contributed by atoms with Crippen molar-refractivity contribution in [2.45, 2.75) is 25.0 Å². The second-order valence-corrected chi connectivity index (χ2v) is 8.94. The second-order valence-electron chi connectivity index (χ2n) is 7.37. The number of piperidine rings is 1. The lowest BCUT2D eigenvalue weighted by atomic mass is 9.90. The van der Waals surface area contributed by atoms with Crippen molar-refractivity contribution in [2.24, 2.45) is 10.9 Å². The third kappa shape index (κ3) is 8.09. The molecule has 6 heteroatoms. The van der Waals surface area contributed by atoms with Crippen LogP contribution in [0.15, 0.2) is 65.7 Å². The molecule has 1 aliphatic rings. The summed E-state index contributed by atoms with van der Waals surface area (Å²) in [6.45, 7) is 2.75. The fourth-order valence-corrected chi connectivity index (χ4v) is 4.78. The van der Waals surface area contributed by atoms with Crippen molar-refractivity contribution >= 4 is 40.7 Å². The summed E-state index contributed by atoms with van der Waals surface area (Å²) < 4.78 is 12.3. The number of likely N-dealkylation sites (tertiary alicyclic amines) is 1. The summed E-state index contributed by atoms with van der Waals surface area (Å²) in [5.74, 6) is 2.94. The smallest absolute Gasteiger partial charge is 0.193 e. The average Bonchev–Trinajstić information content (AvgIpc) is 2.73. The molecule has 1 unspecified atom stereocenters. The molecule has 0 radical (unpaired) electrons. The molecule has 1 N–H and O–H groups in total. The Kier molecular flexibility index (Phi) is 10.7. The molecule has 1 saturated heterocycles. The molecule has 1 heterocycles. The Hall–Kier alpha value is -1.41. The number of nitrogens with one attached hydrogen (secondary N) is 1. The van der Waals surface area contributed by atoms with Crippen molar-refractivity contribution < 1.29 is 4.21 Å². The molecule has 0 amide bonds. The molecule has 0 spiro atoms. The van der Waals surface area contributed by atoms with Gasteiger partial charge in [0, 0.05) is 49.0 Å². The topological polar surface area (TPSA) is 44.7 Å². The van der Waals surface area contributed by atoms with E-state index >= 15 is 0 Å². The zero-order chi connectivity index (χ0) is 19.6. The van der Waals surface area contributed by atoms with Crippen molar-refractivity contribution in [3.05, 3.63) is 71.8 Å². The summed E-state index contributed by atoms with van der Waals surface area (Å²) in [4.78, 5) is 6.77. The molecular weight excluding hydrogens is 493 g/mol. The van der Waals surface area contributed by atoms with Crippen LogP contribution in [0.3, 0.4) is 0 Å². The van der Waals surface area contributed by atoms with Gasteiger partial charge in [0.1, 0.15) is 0 Å². The van der Waals surface area contributed by atoms with Crippen LogP contribution in [0.5, 0.6) is 0 Å². The van der Waals surface area contributed by atoms with Gasteiger partial charge < -0.3 is 10.2 Å². The largest absolute Gasteiger partial charge is 0.355 e. The molecule has 1 fully saturated rings. The number of nitrogens with zero attached hydrogens (tertiary/aromatic N) is 2. The van der Waals surface area contributed by atoms with E-state index in [9.17, 15) is 4.21 Å². The highest BCUT2D eigenvalue weighted by molar-refractivity contribution is 14.0. The monoisotopic (exact) mass is 525 g/mol. The lowest BCUT2D eigenvalue weighted by Gasteiger charge is -2.34. The van der Waals surface area contributed by atoms with Gasteiger partial charge in [0.2, 0.25) is 0 Å². The predicted octanol–water partition coefficient (Wildman–Crippen LogP) is 4.08. The van der Waals surface area contributed by atoms with Crippen LogP contribution in [0, 0.1) is 5.92 Å². The minimum atomic E-state index is -0.859. The lowest BCUT2D eigenvalue weighted by molar-refractivity contribution is 0.259. The lowest BCUT2D eigenvalue weighted by Crippen LogP contribution is -2.46. The fraction of sp³-hybridized carbons (Fsp3) is 0.435. The van der Waals surface area contributed by atoms with Gasteiger partial charge in [0.05, 0.1) is 0 Å². The molecule has 158 valence electrons. The third-order valence-electron chi connectivity index (χ3n) is 5.28. The van der Waals surface area contributed by atoms with E-state index < -0.39 is 10.8 Å². The van der Waals surface area contributed by atoms with Crippen LogP contribution >= 0.6 is 24.0 Å². The number of halogens is 1. The molecule has 1 aliphatic heterocycles. The maximum atomic E-state index is 12.3. The van der Waals surface area contributed by atoms with Gasteiger partial charge in [0.25, 0.3) is 0 Å². The van der Waals surface area contributed by atoms with E-state index in [1.807, 2.05) is 37.4 Å². The highest BCUT2D eigenvalue weighted by Gasteiger charge is 2.21. The van der Waals surface area contributed by atoms with Crippen LogP contribution < -0.4 is 5.32 Å². The van der Waals surface area contributed by atoms with Crippen molar-refractivity contribution in [1.82, 2.24) is 10.2 Å². The van der Waals surface area contributed by atoms with Crippen molar-refractivity contribution in [1.29, 1.82) is 0 Å². The highest BCUT2D eigenvalue weighted by Crippen LogP contribution is 2.21. The Balaban J connectivity index is 0.00000300. The number of aliphatic imine (C=N–C) groups is 1. The summed E-state index contributed by atoms with van der Waals surface area (Å²) >= 11 is 0. The van der Waals surface area contributed by atoms with Crippen molar-refractivity contribution in [2.75, 3.05) is 32.4 Å². The molecule has 29 heavy (non-hydrogen) atoms. The van der Waals surface area contributed by atoms with Gasteiger partial charge in [-0.1, -0.05) is 60.7 Å². The van der Waals surface area contributed by atoms with Gasteiger partial charge in [-0.05, 0) is 36.3 Å². The molecular formula is C23H32IN3OS. The Bertz CT molecular complexity index is 762. The maximum absolute atomic E-state index is 12.3. The van der Waals surface area contributed by atoms with Crippen LogP contribution in [0.25, 0.3) is 0 Å². The SMILES string of the molecule is CN=C(NCCS(=O)Cc1ccccc1)N1CCC(Cc2ccccc2)CC1.I. The number of rotatable bonds is 7. The zero-order valence-electron chi connectivity index (χ0n) is 17.1. The van der Waals surface area contributed by atoms with Gasteiger partial charge >= 0.3 is 0 Å². The van der Waals surface area contributed by atoms with Gasteiger partial charge in [-0.25, -0.2) is 0 Å². The van der Waals surface area contributed by atoms with Gasteiger partial charge in [-0.15, -0.1) is 24.0 Å². The first-order chi connectivity index (χ1) is 13.7. The number of hydrogen-bond donors (Lipinski definition) is 1. The number of benzene rings is 2. The Labute approximate surface area is 194 Å². The van der Waals surface area contributed by atoms with Gasteiger partial charge in [0.15, 0.2) is 5.96 Å². The Morgan fingerprint density at radius 3 is 2.21 bits per heavy atom. The predicted molar refractivity (Wildman–Crippen MR) is 134 cm³/mol. The van der Waals surface area contributed by atoms with Crippen LogP contribution in [-0.2, 0) is 23.0 Å². The summed E-state index contributed by atoms with van der Waals surface area (Å²) in [6.07, 6.45) is 3.55. The van der Waals surface area contributed by atoms with E-state index in [2.05, 4.69) is 45.5 Å². The normalized spacial score (nSPS) is 16.2. The van der Waals surface area contributed by atoms with Gasteiger partial charge in [-0.2, -0.15) is 0 Å². The van der Waals surface area contributed by atoms with Crippen molar-refractivity contribution in [3.63, 3.8) is 0 Å². The molecule has 0 aromatic heterocycles. The van der Waals surface area contributed by atoms with Crippen LogP contribution in [0.4, 0.5) is 0 Å². The summed E-state index contributed by atoms with van der Waals surface area (Å²) in [6, 6.07) is 20.8. The van der Waals surface area contributed by atoms with Crippen molar-refractivity contribution in [3.8, 4) is 0 Å². The molecule has 2 aromatic carbocycles. The molecule has 1 atom stereocenters. The first-order valence-electron chi connectivity index (χ1n) is 10.1. The molecule has 3 rings (SSSR count). The first-order valence-corrected chi connectivity index (χ1v) is 11.6. The highest BCUT2D eigenvalue weighted by atomic mass is 127. The maximum Gasteiger partial charge on any atom is 0.193 e. The Morgan fingerprint density at radius 1 is 1.03 bits per heavy atom. The Morgan fingerprint density at radius 2 is 1.62 bits per heavy atom. The van der Waals surface area contributed by atoms with E-state index in [1.54, 1.807) is 0 Å². The second kappa shape index (κ2) is 13.0. The summed E-state index contributed by atoms with van der Waals surface area (Å²) in [5, 5.41) is 3.40. The van der Waals surface area contributed by atoms with E-state index in [0.29, 0.717) is 18.1 Å². The number of guanidine groups is 1. The van der Waals surface area contributed by atoms with E-state index in [0.717, 1.165) is 30.5 Å². The van der Waals surface area contributed by atoms with E-state index in [-0.39, 0.29) is 24.0 Å². The average molecular weight is 526 g/mol. The summed E-state index contributed by atoms with van der Waals surface area (Å²) in [5.41, 5.74) is 2.56. The minimum Gasteiger partial charge on any atom is -0.355 e. The molecule has 4 nitrogen and oxygen atoms in total.